The van der Waals surface area contributed by atoms with Gasteiger partial charge in [-0.3, -0.25) is 4.90 Å². The van der Waals surface area contributed by atoms with Crippen LogP contribution in [0.1, 0.15) is 40.0 Å². The minimum atomic E-state index is 0.293. The largest absolute Gasteiger partial charge is 0.396 e. The van der Waals surface area contributed by atoms with E-state index < -0.39 is 0 Å². The van der Waals surface area contributed by atoms with Crippen molar-refractivity contribution in [3.05, 3.63) is 0 Å². The molecule has 78 valence electrons. The number of hydrogen-bond donors (Lipinski definition) is 1. The van der Waals surface area contributed by atoms with Crippen LogP contribution in [0.25, 0.3) is 0 Å². The van der Waals surface area contributed by atoms with E-state index in [2.05, 4.69) is 25.7 Å². The topological polar surface area (TPSA) is 23.5 Å². The SMILES string of the molecule is CCCN1CCC(CO)CC1(C)C. The molecule has 1 N–H and O–H groups in total. The van der Waals surface area contributed by atoms with E-state index >= 15 is 0 Å². The maximum Gasteiger partial charge on any atom is 0.0460 e. The molecule has 1 heterocycles. The highest BCUT2D eigenvalue weighted by atomic mass is 16.3. The van der Waals surface area contributed by atoms with E-state index in [1.807, 2.05) is 0 Å². The Labute approximate surface area is 81.9 Å². The fraction of sp³-hybridized carbons (Fsp3) is 1.00. The van der Waals surface area contributed by atoms with Crippen molar-refractivity contribution in [3.63, 3.8) is 0 Å². The minimum Gasteiger partial charge on any atom is -0.396 e. The van der Waals surface area contributed by atoms with E-state index in [0.29, 0.717) is 18.1 Å². The summed E-state index contributed by atoms with van der Waals surface area (Å²) in [7, 11) is 0. The van der Waals surface area contributed by atoms with Gasteiger partial charge in [0.25, 0.3) is 0 Å². The molecule has 1 saturated heterocycles. The van der Waals surface area contributed by atoms with E-state index in [-0.39, 0.29) is 0 Å². The first-order chi connectivity index (χ1) is 6.10. The summed E-state index contributed by atoms with van der Waals surface area (Å²) in [5, 5.41) is 9.12. The summed E-state index contributed by atoms with van der Waals surface area (Å²) in [5.41, 5.74) is 0.293. The van der Waals surface area contributed by atoms with Crippen LogP contribution in [0.4, 0.5) is 0 Å². The van der Waals surface area contributed by atoms with Gasteiger partial charge < -0.3 is 5.11 Å². The van der Waals surface area contributed by atoms with Crippen molar-refractivity contribution in [1.29, 1.82) is 0 Å². The molecule has 1 unspecified atom stereocenters. The predicted octanol–water partition coefficient (Wildman–Crippen LogP) is 1.88. The molecule has 13 heavy (non-hydrogen) atoms. The van der Waals surface area contributed by atoms with Crippen LogP contribution in [0.2, 0.25) is 0 Å². The molecule has 0 aromatic carbocycles. The number of aliphatic hydroxyl groups excluding tert-OH is 1. The number of nitrogens with zero attached hydrogens (tertiary/aromatic N) is 1. The molecule has 0 radical (unpaired) electrons. The van der Waals surface area contributed by atoms with E-state index in [4.69, 9.17) is 5.11 Å². The fourth-order valence-corrected chi connectivity index (χ4v) is 2.42. The molecular weight excluding hydrogens is 162 g/mol. The van der Waals surface area contributed by atoms with Gasteiger partial charge in [0.15, 0.2) is 0 Å². The quantitative estimate of drug-likeness (QED) is 0.725. The van der Waals surface area contributed by atoms with Crippen LogP contribution in [-0.4, -0.2) is 35.2 Å². The highest BCUT2D eigenvalue weighted by molar-refractivity contribution is 4.88. The third kappa shape index (κ3) is 2.68. The smallest absolute Gasteiger partial charge is 0.0460 e. The Hall–Kier alpha value is -0.0800. The van der Waals surface area contributed by atoms with Crippen molar-refractivity contribution in [1.82, 2.24) is 4.90 Å². The zero-order valence-corrected chi connectivity index (χ0v) is 9.21. The first-order valence-electron chi connectivity index (χ1n) is 5.46. The number of rotatable bonds is 3. The Bertz CT molecular complexity index is 156. The van der Waals surface area contributed by atoms with Gasteiger partial charge in [-0.15, -0.1) is 0 Å². The minimum absolute atomic E-state index is 0.293. The third-order valence-corrected chi connectivity index (χ3v) is 3.20. The Morgan fingerprint density at radius 2 is 2.15 bits per heavy atom. The van der Waals surface area contributed by atoms with Gasteiger partial charge in [-0.1, -0.05) is 6.92 Å². The average Bonchev–Trinajstić information content (AvgIpc) is 2.08. The predicted molar refractivity (Wildman–Crippen MR) is 55.8 cm³/mol. The number of hydrogen-bond acceptors (Lipinski definition) is 2. The van der Waals surface area contributed by atoms with Gasteiger partial charge >= 0.3 is 0 Å². The molecular formula is C11H23NO. The lowest BCUT2D eigenvalue weighted by atomic mass is 9.83. The van der Waals surface area contributed by atoms with Crippen LogP contribution in [0.3, 0.4) is 0 Å². The van der Waals surface area contributed by atoms with Crippen LogP contribution in [0.15, 0.2) is 0 Å². The number of aliphatic hydroxyl groups is 1. The summed E-state index contributed by atoms with van der Waals surface area (Å²) in [4.78, 5) is 2.55. The number of likely N-dealkylation sites (tertiary alicyclic amines) is 1. The van der Waals surface area contributed by atoms with Crippen LogP contribution >= 0.6 is 0 Å². The molecule has 1 atom stereocenters. The second-order valence-corrected chi connectivity index (χ2v) is 4.84. The molecule has 0 bridgehead atoms. The summed E-state index contributed by atoms with van der Waals surface area (Å²) in [6, 6.07) is 0. The highest BCUT2D eigenvalue weighted by Crippen LogP contribution is 2.30. The average molecular weight is 185 g/mol. The highest BCUT2D eigenvalue weighted by Gasteiger charge is 2.33. The normalized spacial score (nSPS) is 29.1. The molecule has 2 nitrogen and oxygen atoms in total. The molecule has 1 aliphatic heterocycles. The van der Waals surface area contributed by atoms with Gasteiger partial charge in [0.2, 0.25) is 0 Å². The zero-order chi connectivity index (χ0) is 9.90. The van der Waals surface area contributed by atoms with E-state index in [1.165, 1.54) is 19.4 Å². The van der Waals surface area contributed by atoms with Gasteiger partial charge in [-0.2, -0.15) is 0 Å². The molecule has 2 heteroatoms. The third-order valence-electron chi connectivity index (χ3n) is 3.20. The summed E-state index contributed by atoms with van der Waals surface area (Å²) >= 11 is 0. The molecule has 1 rings (SSSR count). The van der Waals surface area contributed by atoms with Crippen molar-refractivity contribution in [3.8, 4) is 0 Å². The van der Waals surface area contributed by atoms with Crippen molar-refractivity contribution in [2.24, 2.45) is 5.92 Å². The Balaban J connectivity index is 2.51. The van der Waals surface area contributed by atoms with Gasteiger partial charge in [0.05, 0.1) is 0 Å². The second-order valence-electron chi connectivity index (χ2n) is 4.84. The monoisotopic (exact) mass is 185 g/mol. The van der Waals surface area contributed by atoms with Crippen molar-refractivity contribution >= 4 is 0 Å². The van der Waals surface area contributed by atoms with Crippen molar-refractivity contribution in [2.75, 3.05) is 19.7 Å². The lowest BCUT2D eigenvalue weighted by Gasteiger charge is -2.45. The van der Waals surface area contributed by atoms with Crippen molar-refractivity contribution < 1.29 is 5.11 Å². The molecule has 0 spiro atoms. The summed E-state index contributed by atoms with van der Waals surface area (Å²) in [5.74, 6) is 0.531. The summed E-state index contributed by atoms with van der Waals surface area (Å²) in [6.07, 6.45) is 3.54. The molecule has 0 aromatic heterocycles. The lowest BCUT2D eigenvalue weighted by molar-refractivity contribution is 0.0278. The fourth-order valence-electron chi connectivity index (χ4n) is 2.42. The Kier molecular flexibility index (Phi) is 3.74. The Morgan fingerprint density at radius 1 is 1.46 bits per heavy atom. The lowest BCUT2D eigenvalue weighted by Crippen LogP contribution is -2.50. The van der Waals surface area contributed by atoms with Gasteiger partial charge in [0, 0.05) is 12.1 Å². The first kappa shape index (κ1) is 11.0. The standard InChI is InChI=1S/C11H23NO/c1-4-6-12-7-5-10(9-13)8-11(12,2)3/h10,13H,4-9H2,1-3H3. The second kappa shape index (κ2) is 4.43. The van der Waals surface area contributed by atoms with Crippen LogP contribution < -0.4 is 0 Å². The van der Waals surface area contributed by atoms with E-state index in [9.17, 15) is 0 Å². The molecule has 0 aromatic rings. The van der Waals surface area contributed by atoms with Gasteiger partial charge in [-0.05, 0) is 52.1 Å². The molecule has 1 aliphatic rings. The molecule has 0 aliphatic carbocycles. The zero-order valence-electron chi connectivity index (χ0n) is 9.21. The molecule has 0 amide bonds. The molecule has 0 saturated carbocycles. The summed E-state index contributed by atoms with van der Waals surface area (Å²) in [6.45, 7) is 9.55. The first-order valence-corrected chi connectivity index (χ1v) is 5.46. The van der Waals surface area contributed by atoms with Gasteiger partial charge in [-0.25, -0.2) is 0 Å². The molecule has 1 fully saturated rings. The van der Waals surface area contributed by atoms with Gasteiger partial charge in [0.1, 0.15) is 0 Å². The maximum absolute atomic E-state index is 9.12. The van der Waals surface area contributed by atoms with Crippen LogP contribution in [0, 0.1) is 5.92 Å². The van der Waals surface area contributed by atoms with E-state index in [1.54, 1.807) is 0 Å². The van der Waals surface area contributed by atoms with Crippen LogP contribution in [-0.2, 0) is 0 Å². The summed E-state index contributed by atoms with van der Waals surface area (Å²) < 4.78 is 0. The Morgan fingerprint density at radius 3 is 2.62 bits per heavy atom. The maximum atomic E-state index is 9.12. The van der Waals surface area contributed by atoms with Crippen LogP contribution in [0.5, 0.6) is 0 Å². The number of piperidine rings is 1. The van der Waals surface area contributed by atoms with E-state index in [0.717, 1.165) is 13.0 Å². The van der Waals surface area contributed by atoms with Crippen molar-refractivity contribution in [2.45, 2.75) is 45.6 Å².